The molecule has 2 aromatic heterocycles. The van der Waals surface area contributed by atoms with E-state index in [1.807, 2.05) is 19.1 Å². The number of rotatable bonds is 4. The van der Waals surface area contributed by atoms with Crippen molar-refractivity contribution < 1.29 is 14.3 Å². The summed E-state index contributed by atoms with van der Waals surface area (Å²) in [5.41, 5.74) is 3.72. The average molecular weight is 441 g/mol. The predicted octanol–water partition coefficient (Wildman–Crippen LogP) is 4.19. The maximum atomic E-state index is 13.3. The average Bonchev–Trinajstić information content (AvgIpc) is 3.52. The zero-order valence-corrected chi connectivity index (χ0v) is 17.9. The van der Waals surface area contributed by atoms with E-state index in [2.05, 4.69) is 21.5 Å². The summed E-state index contributed by atoms with van der Waals surface area (Å²) in [7, 11) is 1.58. The molecule has 1 N–H and O–H groups in total. The van der Waals surface area contributed by atoms with Crippen LogP contribution in [0.4, 0.5) is 5.00 Å². The third kappa shape index (κ3) is 2.89. The number of imide groups is 1. The number of nitrogens with zero attached hydrogens (tertiary/aromatic N) is 4. The van der Waals surface area contributed by atoms with Gasteiger partial charge in [-0.05, 0) is 36.8 Å². The molecule has 4 aromatic rings. The van der Waals surface area contributed by atoms with Gasteiger partial charge in [0, 0.05) is 16.0 Å². The Hall–Kier alpha value is -4.29. The van der Waals surface area contributed by atoms with Crippen molar-refractivity contribution in [2.24, 2.45) is 0 Å². The second kappa shape index (κ2) is 7.44. The summed E-state index contributed by atoms with van der Waals surface area (Å²) >= 11 is 1.25. The van der Waals surface area contributed by atoms with Crippen molar-refractivity contribution in [3.8, 4) is 34.2 Å². The van der Waals surface area contributed by atoms with Gasteiger partial charge in [-0.1, -0.05) is 23.4 Å². The van der Waals surface area contributed by atoms with Crippen LogP contribution in [-0.4, -0.2) is 34.3 Å². The standard InChI is InChI=1S/C23H15N5O3S/c1-12-20(13-3-6-15(31-2)7-4-13)18(10-24)23(32-12)28-21(29)16-8-5-14(9-17(16)22(28)30)19-11-25-27-26-19/h3-9,11H,1-2H3,(H,25,26,27). The van der Waals surface area contributed by atoms with Gasteiger partial charge in [-0.15, -0.1) is 16.4 Å². The number of ether oxygens (including phenoxy) is 1. The molecule has 156 valence electrons. The Bertz CT molecular complexity index is 1420. The molecule has 0 unspecified atom stereocenters. The van der Waals surface area contributed by atoms with Gasteiger partial charge in [0.05, 0.1) is 35.7 Å². The number of H-pyrrole nitrogens is 1. The number of amides is 2. The van der Waals surface area contributed by atoms with Gasteiger partial charge in [0.2, 0.25) is 0 Å². The molecule has 3 heterocycles. The fourth-order valence-electron chi connectivity index (χ4n) is 3.83. The van der Waals surface area contributed by atoms with Crippen molar-refractivity contribution in [3.63, 3.8) is 0 Å². The van der Waals surface area contributed by atoms with Crippen LogP contribution in [0.1, 0.15) is 31.2 Å². The maximum absolute atomic E-state index is 13.3. The molecule has 0 atom stereocenters. The molecule has 0 aliphatic carbocycles. The molecule has 32 heavy (non-hydrogen) atoms. The number of benzene rings is 2. The Morgan fingerprint density at radius 3 is 2.44 bits per heavy atom. The first kappa shape index (κ1) is 19.7. The summed E-state index contributed by atoms with van der Waals surface area (Å²) in [4.78, 5) is 28.4. The van der Waals surface area contributed by atoms with Gasteiger partial charge in [-0.3, -0.25) is 14.7 Å². The highest BCUT2D eigenvalue weighted by molar-refractivity contribution is 7.17. The molecular formula is C23H15N5O3S. The number of anilines is 1. The third-order valence-corrected chi connectivity index (χ3v) is 6.46. The number of aromatic amines is 1. The van der Waals surface area contributed by atoms with Crippen molar-refractivity contribution >= 4 is 28.2 Å². The molecule has 9 heteroatoms. The predicted molar refractivity (Wildman–Crippen MR) is 119 cm³/mol. The lowest BCUT2D eigenvalue weighted by Crippen LogP contribution is -2.29. The summed E-state index contributed by atoms with van der Waals surface area (Å²) in [6.07, 6.45) is 1.54. The van der Waals surface area contributed by atoms with Gasteiger partial charge in [0.15, 0.2) is 0 Å². The topological polar surface area (TPSA) is 112 Å². The van der Waals surface area contributed by atoms with Crippen LogP contribution in [0.3, 0.4) is 0 Å². The molecule has 8 nitrogen and oxygen atoms in total. The number of thiophene rings is 1. The van der Waals surface area contributed by atoms with Gasteiger partial charge in [-0.25, -0.2) is 4.90 Å². The number of hydrogen-bond donors (Lipinski definition) is 1. The number of fused-ring (bicyclic) bond motifs is 1. The number of nitrogens with one attached hydrogen (secondary N) is 1. The van der Waals surface area contributed by atoms with Crippen molar-refractivity contribution in [2.45, 2.75) is 6.92 Å². The second-order valence-corrected chi connectivity index (χ2v) is 8.33. The number of aromatic nitrogens is 3. The van der Waals surface area contributed by atoms with Crippen LogP contribution >= 0.6 is 11.3 Å². The molecule has 0 radical (unpaired) electrons. The van der Waals surface area contributed by atoms with Gasteiger partial charge in [0.25, 0.3) is 11.8 Å². The Labute approximate surface area is 186 Å². The minimum Gasteiger partial charge on any atom is -0.497 e. The smallest absolute Gasteiger partial charge is 0.266 e. The van der Waals surface area contributed by atoms with E-state index in [-0.39, 0.29) is 5.56 Å². The molecule has 0 spiro atoms. The quantitative estimate of drug-likeness (QED) is 0.475. The minimum absolute atomic E-state index is 0.281. The van der Waals surface area contributed by atoms with Crippen LogP contribution in [0.2, 0.25) is 0 Å². The van der Waals surface area contributed by atoms with Crippen molar-refractivity contribution in [2.75, 3.05) is 12.0 Å². The van der Waals surface area contributed by atoms with E-state index in [9.17, 15) is 14.9 Å². The van der Waals surface area contributed by atoms with Crippen molar-refractivity contribution in [1.82, 2.24) is 15.4 Å². The Kier molecular flexibility index (Phi) is 4.57. The Morgan fingerprint density at radius 1 is 1.06 bits per heavy atom. The molecule has 0 saturated heterocycles. The van der Waals surface area contributed by atoms with Crippen molar-refractivity contribution in [3.05, 3.63) is 70.2 Å². The number of carbonyl (C=O) groups excluding carboxylic acids is 2. The SMILES string of the molecule is COc1ccc(-c2c(C)sc(N3C(=O)c4ccc(-c5cnn[nH]5)cc4C3=O)c2C#N)cc1. The van der Waals surface area contributed by atoms with Crippen LogP contribution in [0, 0.1) is 18.3 Å². The monoisotopic (exact) mass is 441 g/mol. The lowest BCUT2D eigenvalue weighted by Gasteiger charge is -2.12. The maximum Gasteiger partial charge on any atom is 0.266 e. The zero-order valence-electron chi connectivity index (χ0n) is 17.0. The second-order valence-electron chi connectivity index (χ2n) is 7.13. The minimum atomic E-state index is -0.460. The molecule has 2 amide bonds. The van der Waals surface area contributed by atoms with E-state index >= 15 is 0 Å². The summed E-state index contributed by atoms with van der Waals surface area (Å²) in [6, 6.07) is 14.5. The van der Waals surface area contributed by atoms with Gasteiger partial charge >= 0.3 is 0 Å². The van der Waals surface area contributed by atoms with Crippen LogP contribution < -0.4 is 9.64 Å². The third-order valence-electron chi connectivity index (χ3n) is 5.37. The van der Waals surface area contributed by atoms with Gasteiger partial charge in [-0.2, -0.15) is 5.26 Å². The number of methoxy groups -OCH3 is 1. The Balaban J connectivity index is 1.60. The lowest BCUT2D eigenvalue weighted by atomic mass is 10.0. The molecular weight excluding hydrogens is 426 g/mol. The first-order valence-electron chi connectivity index (χ1n) is 9.60. The number of nitriles is 1. The molecule has 1 aliphatic heterocycles. The highest BCUT2D eigenvalue weighted by atomic mass is 32.1. The molecule has 2 aromatic carbocycles. The highest BCUT2D eigenvalue weighted by Crippen LogP contribution is 2.44. The zero-order chi connectivity index (χ0) is 22.4. The van der Waals surface area contributed by atoms with E-state index in [0.29, 0.717) is 38.7 Å². The number of aryl methyl sites for hydroxylation is 1. The summed E-state index contributed by atoms with van der Waals surface area (Å²) in [6.45, 7) is 1.87. The van der Waals surface area contributed by atoms with Crippen LogP contribution in [0.25, 0.3) is 22.4 Å². The first-order valence-corrected chi connectivity index (χ1v) is 10.4. The first-order chi connectivity index (χ1) is 15.5. The van der Waals surface area contributed by atoms with Crippen LogP contribution in [0.5, 0.6) is 5.75 Å². The van der Waals surface area contributed by atoms with E-state index in [0.717, 1.165) is 15.3 Å². The molecule has 0 saturated carbocycles. The van der Waals surface area contributed by atoms with Crippen LogP contribution in [0.15, 0.2) is 48.7 Å². The van der Waals surface area contributed by atoms with E-state index in [1.165, 1.54) is 17.5 Å². The molecule has 5 rings (SSSR count). The highest BCUT2D eigenvalue weighted by Gasteiger charge is 2.40. The summed E-state index contributed by atoms with van der Waals surface area (Å²) < 4.78 is 5.21. The summed E-state index contributed by atoms with van der Waals surface area (Å²) in [5, 5.41) is 20.5. The fraction of sp³-hybridized carbons (Fsp3) is 0.0870. The lowest BCUT2D eigenvalue weighted by molar-refractivity contribution is 0.0927. The normalized spacial score (nSPS) is 12.7. The largest absolute Gasteiger partial charge is 0.497 e. The molecule has 0 fully saturated rings. The molecule has 1 aliphatic rings. The van der Waals surface area contributed by atoms with Gasteiger partial charge < -0.3 is 4.74 Å². The van der Waals surface area contributed by atoms with Crippen LogP contribution in [-0.2, 0) is 0 Å². The van der Waals surface area contributed by atoms with E-state index < -0.39 is 11.8 Å². The summed E-state index contributed by atoms with van der Waals surface area (Å²) in [5.74, 6) is -0.208. The number of hydrogen-bond acceptors (Lipinski definition) is 7. The number of carbonyl (C=O) groups is 2. The van der Waals surface area contributed by atoms with E-state index in [4.69, 9.17) is 4.74 Å². The molecule has 0 bridgehead atoms. The van der Waals surface area contributed by atoms with E-state index in [1.54, 1.807) is 37.4 Å². The van der Waals surface area contributed by atoms with Gasteiger partial charge in [0.1, 0.15) is 16.8 Å². The van der Waals surface area contributed by atoms with Crippen molar-refractivity contribution in [1.29, 1.82) is 5.26 Å². The fourth-order valence-corrected chi connectivity index (χ4v) is 4.95. The Morgan fingerprint density at radius 2 is 1.78 bits per heavy atom.